The number of halogens is 1. The minimum absolute atomic E-state index is 0.555. The van der Waals surface area contributed by atoms with E-state index in [0.29, 0.717) is 10.6 Å². The first-order valence-corrected chi connectivity index (χ1v) is 6.17. The van der Waals surface area contributed by atoms with Gasteiger partial charge in [0.05, 0.1) is 7.11 Å². The number of carbonyl (C=O) groups excluding carboxylic acids is 1. The molecule has 2 nitrogen and oxygen atoms in total. The summed E-state index contributed by atoms with van der Waals surface area (Å²) in [6.07, 6.45) is 4.66. The number of carbonyl (C=O) groups is 1. The maximum atomic E-state index is 10.8. The van der Waals surface area contributed by atoms with Crippen molar-refractivity contribution in [1.82, 2.24) is 0 Å². The largest absolute Gasteiger partial charge is 0.497 e. The number of hydrogen-bond donors (Lipinski definition) is 0. The highest BCUT2D eigenvalue weighted by Gasteiger charge is 1.96. The SMILES string of the molecule is COc1ccc(C=Cc2cc(Cl)cc(C=O)c2)cc1. The fourth-order valence-electron chi connectivity index (χ4n) is 1.71. The van der Waals surface area contributed by atoms with Crippen molar-refractivity contribution in [3.63, 3.8) is 0 Å². The number of methoxy groups -OCH3 is 1. The molecular weight excluding hydrogens is 260 g/mol. The summed E-state index contributed by atoms with van der Waals surface area (Å²) in [6.45, 7) is 0. The van der Waals surface area contributed by atoms with Gasteiger partial charge in [0.25, 0.3) is 0 Å². The van der Waals surface area contributed by atoms with Gasteiger partial charge in [-0.05, 0) is 41.5 Å². The Morgan fingerprint density at radius 1 is 0.947 bits per heavy atom. The van der Waals surface area contributed by atoms with Crippen LogP contribution in [0.4, 0.5) is 0 Å². The molecule has 0 aliphatic heterocycles. The number of rotatable bonds is 4. The van der Waals surface area contributed by atoms with Gasteiger partial charge in [-0.1, -0.05) is 35.9 Å². The molecule has 0 fully saturated rings. The predicted octanol–water partition coefficient (Wildman–Crippen LogP) is 4.33. The van der Waals surface area contributed by atoms with Crippen LogP contribution in [-0.2, 0) is 0 Å². The standard InChI is InChI=1S/C16H13ClO2/c1-19-16-6-4-12(5-7-16)2-3-13-8-14(11-18)10-15(17)9-13/h2-11H,1H3. The van der Waals surface area contributed by atoms with E-state index in [9.17, 15) is 4.79 Å². The average Bonchev–Trinajstić information content (AvgIpc) is 2.45. The first-order valence-electron chi connectivity index (χ1n) is 5.79. The van der Waals surface area contributed by atoms with Gasteiger partial charge in [0.2, 0.25) is 0 Å². The lowest BCUT2D eigenvalue weighted by Gasteiger charge is -2.00. The summed E-state index contributed by atoms with van der Waals surface area (Å²) in [4.78, 5) is 10.8. The monoisotopic (exact) mass is 272 g/mol. The van der Waals surface area contributed by atoms with Crippen LogP contribution in [-0.4, -0.2) is 13.4 Å². The van der Waals surface area contributed by atoms with Crippen LogP contribution in [0.1, 0.15) is 21.5 Å². The van der Waals surface area contributed by atoms with Crippen LogP contribution in [0.15, 0.2) is 42.5 Å². The summed E-state index contributed by atoms with van der Waals surface area (Å²) < 4.78 is 5.10. The van der Waals surface area contributed by atoms with E-state index < -0.39 is 0 Å². The van der Waals surface area contributed by atoms with Crippen molar-refractivity contribution in [3.05, 3.63) is 64.2 Å². The Hall–Kier alpha value is -2.06. The fourth-order valence-corrected chi connectivity index (χ4v) is 1.96. The highest BCUT2D eigenvalue weighted by molar-refractivity contribution is 6.31. The Morgan fingerprint density at radius 2 is 1.58 bits per heavy atom. The molecule has 0 aliphatic rings. The zero-order chi connectivity index (χ0) is 13.7. The summed E-state index contributed by atoms with van der Waals surface area (Å²) in [6, 6.07) is 13.0. The van der Waals surface area contributed by atoms with E-state index in [4.69, 9.17) is 16.3 Å². The quantitative estimate of drug-likeness (QED) is 0.612. The summed E-state index contributed by atoms with van der Waals surface area (Å²) in [7, 11) is 1.64. The van der Waals surface area contributed by atoms with Gasteiger partial charge in [-0.2, -0.15) is 0 Å². The van der Waals surface area contributed by atoms with Gasteiger partial charge in [0.15, 0.2) is 0 Å². The summed E-state index contributed by atoms with van der Waals surface area (Å²) >= 11 is 5.94. The predicted molar refractivity (Wildman–Crippen MR) is 78.8 cm³/mol. The van der Waals surface area contributed by atoms with E-state index in [1.54, 1.807) is 19.2 Å². The Kier molecular flexibility index (Phi) is 4.37. The van der Waals surface area contributed by atoms with Crippen LogP contribution in [0.25, 0.3) is 12.2 Å². The van der Waals surface area contributed by atoms with Gasteiger partial charge >= 0.3 is 0 Å². The molecule has 0 N–H and O–H groups in total. The molecule has 2 rings (SSSR count). The molecule has 0 atom stereocenters. The highest BCUT2D eigenvalue weighted by atomic mass is 35.5. The topological polar surface area (TPSA) is 26.3 Å². The van der Waals surface area contributed by atoms with E-state index in [1.165, 1.54) is 0 Å². The number of ether oxygens (including phenoxy) is 1. The van der Waals surface area contributed by atoms with Crippen LogP contribution < -0.4 is 4.74 Å². The summed E-state index contributed by atoms with van der Waals surface area (Å²) in [5, 5.41) is 0.555. The molecule has 19 heavy (non-hydrogen) atoms. The number of aldehydes is 1. The molecule has 0 aromatic heterocycles. The molecule has 0 saturated heterocycles. The van der Waals surface area contributed by atoms with Crippen LogP contribution in [0.5, 0.6) is 5.75 Å². The first kappa shape index (κ1) is 13.4. The molecule has 0 radical (unpaired) electrons. The van der Waals surface area contributed by atoms with Gasteiger partial charge in [0.1, 0.15) is 12.0 Å². The van der Waals surface area contributed by atoms with Crippen molar-refractivity contribution in [2.45, 2.75) is 0 Å². The molecule has 0 amide bonds. The van der Waals surface area contributed by atoms with E-state index in [1.807, 2.05) is 42.5 Å². The molecular formula is C16H13ClO2. The molecule has 0 heterocycles. The van der Waals surface area contributed by atoms with Crippen molar-refractivity contribution in [2.24, 2.45) is 0 Å². The third-order valence-electron chi connectivity index (χ3n) is 2.66. The van der Waals surface area contributed by atoms with E-state index in [2.05, 4.69) is 0 Å². The second kappa shape index (κ2) is 6.21. The molecule has 3 heteroatoms. The molecule has 2 aromatic rings. The van der Waals surface area contributed by atoms with Crippen LogP contribution in [0.2, 0.25) is 5.02 Å². The molecule has 0 spiro atoms. The Labute approximate surface area is 117 Å². The lowest BCUT2D eigenvalue weighted by molar-refractivity contribution is 0.112. The maximum absolute atomic E-state index is 10.8. The molecule has 0 saturated carbocycles. The van der Waals surface area contributed by atoms with E-state index >= 15 is 0 Å². The lowest BCUT2D eigenvalue weighted by atomic mass is 10.1. The highest BCUT2D eigenvalue weighted by Crippen LogP contribution is 2.17. The van der Waals surface area contributed by atoms with E-state index in [-0.39, 0.29) is 0 Å². The zero-order valence-corrected chi connectivity index (χ0v) is 11.2. The van der Waals surface area contributed by atoms with Gasteiger partial charge in [-0.3, -0.25) is 4.79 Å². The van der Waals surface area contributed by atoms with Gasteiger partial charge in [-0.25, -0.2) is 0 Å². The van der Waals surface area contributed by atoms with Crippen molar-refractivity contribution < 1.29 is 9.53 Å². The smallest absolute Gasteiger partial charge is 0.150 e. The van der Waals surface area contributed by atoms with Gasteiger partial charge in [-0.15, -0.1) is 0 Å². The minimum atomic E-state index is 0.555. The minimum Gasteiger partial charge on any atom is -0.497 e. The number of hydrogen-bond acceptors (Lipinski definition) is 2. The van der Waals surface area contributed by atoms with Crippen LogP contribution in [0.3, 0.4) is 0 Å². The average molecular weight is 273 g/mol. The molecule has 0 unspecified atom stereocenters. The molecule has 96 valence electrons. The van der Waals surface area contributed by atoms with Crippen molar-refractivity contribution in [3.8, 4) is 5.75 Å². The maximum Gasteiger partial charge on any atom is 0.150 e. The first-order chi connectivity index (χ1) is 9.21. The van der Waals surface area contributed by atoms with Crippen molar-refractivity contribution in [2.75, 3.05) is 7.11 Å². The second-order valence-corrected chi connectivity index (χ2v) is 4.48. The number of benzene rings is 2. The summed E-state index contributed by atoms with van der Waals surface area (Å²) in [5.74, 6) is 0.822. The Balaban J connectivity index is 2.21. The molecule has 0 bridgehead atoms. The van der Waals surface area contributed by atoms with Crippen molar-refractivity contribution in [1.29, 1.82) is 0 Å². The van der Waals surface area contributed by atoms with E-state index in [0.717, 1.165) is 23.2 Å². The summed E-state index contributed by atoms with van der Waals surface area (Å²) in [5.41, 5.74) is 2.51. The Morgan fingerprint density at radius 3 is 2.21 bits per heavy atom. The Bertz CT molecular complexity index is 601. The lowest BCUT2D eigenvalue weighted by Crippen LogP contribution is -1.83. The second-order valence-electron chi connectivity index (χ2n) is 4.04. The molecule has 2 aromatic carbocycles. The fraction of sp³-hybridized carbons (Fsp3) is 0.0625. The third kappa shape index (κ3) is 3.70. The zero-order valence-electron chi connectivity index (χ0n) is 10.5. The van der Waals surface area contributed by atoms with Crippen LogP contribution >= 0.6 is 11.6 Å². The normalized spacial score (nSPS) is 10.6. The molecule has 0 aliphatic carbocycles. The van der Waals surface area contributed by atoms with Gasteiger partial charge in [0, 0.05) is 10.6 Å². The van der Waals surface area contributed by atoms with Crippen LogP contribution in [0, 0.1) is 0 Å². The third-order valence-corrected chi connectivity index (χ3v) is 2.88. The van der Waals surface area contributed by atoms with Crippen molar-refractivity contribution >= 4 is 30.0 Å². The van der Waals surface area contributed by atoms with Gasteiger partial charge < -0.3 is 4.74 Å².